The van der Waals surface area contributed by atoms with Crippen molar-refractivity contribution in [3.8, 4) is 0 Å². The molecule has 4 N–H and O–H groups in total. The van der Waals surface area contributed by atoms with Crippen molar-refractivity contribution in [2.24, 2.45) is 0 Å². The van der Waals surface area contributed by atoms with Gasteiger partial charge in [0, 0.05) is 18.9 Å². The van der Waals surface area contributed by atoms with Gasteiger partial charge >= 0.3 is 5.97 Å². The van der Waals surface area contributed by atoms with Crippen molar-refractivity contribution in [1.82, 2.24) is 0 Å². The molecule has 0 aliphatic carbocycles. The standard InChI is InChI=1S/C24H44O6/c1-19(25)16-22(28)18-23-13-11-9-7-5-3-2-4-6-8-10-12-20(26)17-21(27)14-15-24(29)30-23/h14-15,19-23,25-28H,2-13,16-18H2,1H3/t19-,20+,21-,22-,23+/m1/s1. The summed E-state index contributed by atoms with van der Waals surface area (Å²) in [5, 5.41) is 39.7. The van der Waals surface area contributed by atoms with Crippen LogP contribution in [-0.4, -0.2) is 56.9 Å². The van der Waals surface area contributed by atoms with Gasteiger partial charge in [-0.15, -0.1) is 0 Å². The van der Waals surface area contributed by atoms with Crippen LogP contribution in [0.1, 0.15) is 103 Å². The van der Waals surface area contributed by atoms with Crippen molar-refractivity contribution in [2.75, 3.05) is 0 Å². The molecule has 0 bridgehead atoms. The number of esters is 1. The number of hydrogen-bond donors (Lipinski definition) is 4. The van der Waals surface area contributed by atoms with E-state index in [1.807, 2.05) is 0 Å². The summed E-state index contributed by atoms with van der Waals surface area (Å²) in [7, 11) is 0. The molecule has 0 amide bonds. The van der Waals surface area contributed by atoms with E-state index >= 15 is 0 Å². The van der Waals surface area contributed by atoms with Crippen LogP contribution in [-0.2, 0) is 9.53 Å². The Hall–Kier alpha value is -0.950. The van der Waals surface area contributed by atoms with Crippen LogP contribution in [0, 0.1) is 0 Å². The molecule has 0 spiro atoms. The predicted molar refractivity (Wildman–Crippen MR) is 118 cm³/mol. The number of aliphatic hydroxyl groups excluding tert-OH is 4. The summed E-state index contributed by atoms with van der Waals surface area (Å²) in [4.78, 5) is 12.2. The normalized spacial score (nSPS) is 29.0. The largest absolute Gasteiger partial charge is 0.459 e. The summed E-state index contributed by atoms with van der Waals surface area (Å²) >= 11 is 0. The molecule has 0 saturated heterocycles. The minimum absolute atomic E-state index is 0.209. The van der Waals surface area contributed by atoms with E-state index in [0.29, 0.717) is 19.3 Å². The molecule has 0 aromatic rings. The Kier molecular flexibility index (Phi) is 15.1. The number of cyclic esters (lactones) is 1. The number of aliphatic hydroxyl groups is 4. The first-order chi connectivity index (χ1) is 14.4. The number of rotatable bonds is 4. The average molecular weight is 429 g/mol. The minimum atomic E-state index is -0.891. The zero-order chi connectivity index (χ0) is 22.2. The van der Waals surface area contributed by atoms with Gasteiger partial charge < -0.3 is 25.2 Å². The first-order valence-electron chi connectivity index (χ1n) is 12.0. The molecule has 1 heterocycles. The summed E-state index contributed by atoms with van der Waals surface area (Å²) in [5.74, 6) is -0.549. The third-order valence-electron chi connectivity index (χ3n) is 5.71. The number of ether oxygens (including phenoxy) is 1. The van der Waals surface area contributed by atoms with Crippen LogP contribution in [0.3, 0.4) is 0 Å². The van der Waals surface area contributed by atoms with Crippen molar-refractivity contribution < 1.29 is 30.0 Å². The molecule has 0 unspecified atom stereocenters. The zero-order valence-electron chi connectivity index (χ0n) is 18.8. The van der Waals surface area contributed by atoms with Crippen LogP contribution < -0.4 is 0 Å². The van der Waals surface area contributed by atoms with Gasteiger partial charge in [0.2, 0.25) is 0 Å². The topological polar surface area (TPSA) is 107 Å². The van der Waals surface area contributed by atoms with Gasteiger partial charge in [-0.05, 0) is 38.7 Å². The van der Waals surface area contributed by atoms with Gasteiger partial charge in [0.15, 0.2) is 0 Å². The number of carbonyl (C=O) groups excluding carboxylic acids is 1. The molecule has 5 atom stereocenters. The molecule has 6 heteroatoms. The maximum Gasteiger partial charge on any atom is 0.330 e. The number of hydrogen-bond acceptors (Lipinski definition) is 6. The average Bonchev–Trinajstić information content (AvgIpc) is 2.65. The van der Waals surface area contributed by atoms with Gasteiger partial charge in [0.1, 0.15) is 6.10 Å². The van der Waals surface area contributed by atoms with Crippen LogP contribution in [0.15, 0.2) is 12.2 Å². The molecule has 1 aliphatic heterocycles. The smallest absolute Gasteiger partial charge is 0.330 e. The van der Waals surface area contributed by atoms with Gasteiger partial charge in [-0.1, -0.05) is 57.8 Å². The second-order valence-corrected chi connectivity index (χ2v) is 8.96. The Morgan fingerprint density at radius 1 is 0.933 bits per heavy atom. The molecule has 0 radical (unpaired) electrons. The third kappa shape index (κ3) is 14.9. The van der Waals surface area contributed by atoms with Crippen molar-refractivity contribution in [3.05, 3.63) is 12.2 Å². The van der Waals surface area contributed by atoms with Crippen molar-refractivity contribution in [3.63, 3.8) is 0 Å². The summed E-state index contributed by atoms with van der Waals surface area (Å²) in [6, 6.07) is 0. The maximum atomic E-state index is 12.2. The second kappa shape index (κ2) is 16.7. The van der Waals surface area contributed by atoms with E-state index in [1.165, 1.54) is 44.3 Å². The van der Waals surface area contributed by atoms with Crippen LogP contribution >= 0.6 is 0 Å². The highest BCUT2D eigenvalue weighted by Gasteiger charge is 2.19. The van der Waals surface area contributed by atoms with Gasteiger partial charge in [-0.2, -0.15) is 0 Å². The van der Waals surface area contributed by atoms with Crippen molar-refractivity contribution in [2.45, 2.75) is 134 Å². The summed E-state index contributed by atoms with van der Waals surface area (Å²) < 4.78 is 5.52. The van der Waals surface area contributed by atoms with Crippen molar-refractivity contribution >= 4 is 5.97 Å². The van der Waals surface area contributed by atoms with E-state index in [0.717, 1.165) is 32.1 Å². The molecule has 30 heavy (non-hydrogen) atoms. The van der Waals surface area contributed by atoms with E-state index in [1.54, 1.807) is 6.92 Å². The number of carbonyl (C=O) groups is 1. The maximum absolute atomic E-state index is 12.2. The third-order valence-corrected chi connectivity index (χ3v) is 5.71. The summed E-state index contributed by atoms with van der Waals surface area (Å²) in [6.45, 7) is 1.63. The lowest BCUT2D eigenvalue weighted by Gasteiger charge is -2.21. The van der Waals surface area contributed by atoms with E-state index in [9.17, 15) is 25.2 Å². The zero-order valence-corrected chi connectivity index (χ0v) is 18.8. The van der Waals surface area contributed by atoms with Gasteiger partial charge in [0.05, 0.1) is 24.4 Å². The van der Waals surface area contributed by atoms with Crippen LogP contribution in [0.4, 0.5) is 0 Å². The monoisotopic (exact) mass is 428 g/mol. The van der Waals surface area contributed by atoms with E-state index in [2.05, 4.69) is 0 Å². The van der Waals surface area contributed by atoms with Crippen molar-refractivity contribution in [1.29, 1.82) is 0 Å². The Bertz CT molecular complexity index is 465. The molecule has 176 valence electrons. The highest BCUT2D eigenvalue weighted by Crippen LogP contribution is 2.18. The van der Waals surface area contributed by atoms with Gasteiger partial charge in [-0.3, -0.25) is 0 Å². The first-order valence-corrected chi connectivity index (χ1v) is 12.0. The molecule has 1 rings (SSSR count). The first kappa shape index (κ1) is 27.1. The predicted octanol–water partition coefficient (Wildman–Crippen LogP) is 3.78. The lowest BCUT2D eigenvalue weighted by molar-refractivity contribution is -0.145. The fraction of sp³-hybridized carbons (Fsp3) is 0.875. The quantitative estimate of drug-likeness (QED) is 0.508. The molecule has 6 nitrogen and oxygen atoms in total. The summed E-state index contributed by atoms with van der Waals surface area (Å²) in [5.41, 5.74) is 0. The molecule has 0 aromatic heterocycles. The fourth-order valence-electron chi connectivity index (χ4n) is 4.05. The molecule has 1 aliphatic rings. The highest BCUT2D eigenvalue weighted by molar-refractivity contribution is 5.82. The van der Waals surface area contributed by atoms with E-state index in [-0.39, 0.29) is 12.8 Å². The Balaban J connectivity index is 2.63. The molecule has 0 fully saturated rings. The van der Waals surface area contributed by atoms with E-state index in [4.69, 9.17) is 4.74 Å². The Morgan fingerprint density at radius 3 is 2.03 bits per heavy atom. The van der Waals surface area contributed by atoms with Crippen LogP contribution in [0.2, 0.25) is 0 Å². The Labute approximate surface area is 182 Å². The lowest BCUT2D eigenvalue weighted by Crippen LogP contribution is -2.25. The van der Waals surface area contributed by atoms with Crippen LogP contribution in [0.25, 0.3) is 0 Å². The molecular weight excluding hydrogens is 384 g/mol. The summed E-state index contributed by atoms with van der Waals surface area (Å²) in [6.07, 6.45) is 12.8. The van der Waals surface area contributed by atoms with Gasteiger partial charge in [0.25, 0.3) is 0 Å². The van der Waals surface area contributed by atoms with Crippen LogP contribution in [0.5, 0.6) is 0 Å². The Morgan fingerprint density at radius 2 is 1.47 bits per heavy atom. The van der Waals surface area contributed by atoms with E-state index < -0.39 is 36.5 Å². The molecule has 0 saturated carbocycles. The molecular formula is C24H44O6. The molecule has 0 aromatic carbocycles. The minimum Gasteiger partial charge on any atom is -0.459 e. The lowest BCUT2D eigenvalue weighted by atomic mass is 10.00. The SMILES string of the molecule is C[C@@H](O)C[C@@H](O)C[C@@H]1CCCCCCCCCCCC[C@H](O)C[C@H](O)C=CC(=O)O1. The fourth-order valence-corrected chi connectivity index (χ4v) is 4.05. The highest BCUT2D eigenvalue weighted by atomic mass is 16.5. The second-order valence-electron chi connectivity index (χ2n) is 8.96. The van der Waals surface area contributed by atoms with Gasteiger partial charge in [-0.25, -0.2) is 4.79 Å².